The van der Waals surface area contributed by atoms with Crippen LogP contribution in [0.2, 0.25) is 5.02 Å². The Balaban J connectivity index is 1.79. The highest BCUT2D eigenvalue weighted by molar-refractivity contribution is 7.17. The smallest absolute Gasteiger partial charge is 0.285 e. The van der Waals surface area contributed by atoms with Crippen LogP contribution in [0, 0.1) is 11.3 Å². The summed E-state index contributed by atoms with van der Waals surface area (Å²) < 4.78 is 32.6. The summed E-state index contributed by atoms with van der Waals surface area (Å²) in [5, 5.41) is 13.0. The zero-order chi connectivity index (χ0) is 26.5. The first-order chi connectivity index (χ1) is 16.9. The van der Waals surface area contributed by atoms with Gasteiger partial charge in [-0.2, -0.15) is 14.0 Å². The van der Waals surface area contributed by atoms with Gasteiger partial charge in [-0.3, -0.25) is 4.79 Å². The second-order valence-electron chi connectivity index (χ2n) is 9.06. The minimum absolute atomic E-state index is 0.0558. The van der Waals surface area contributed by atoms with Crippen molar-refractivity contribution < 1.29 is 18.3 Å². The number of ether oxygens (including phenoxy) is 1. The number of amides is 1. The van der Waals surface area contributed by atoms with Crippen molar-refractivity contribution in [3.63, 3.8) is 0 Å². The molecule has 188 valence electrons. The summed E-state index contributed by atoms with van der Waals surface area (Å²) in [6, 6.07) is 19.1. The largest absolute Gasteiger partial charge is 0.462 e. The van der Waals surface area contributed by atoms with Gasteiger partial charge < -0.3 is 10.1 Å². The molecule has 0 fully saturated rings. The van der Waals surface area contributed by atoms with Gasteiger partial charge in [-0.1, -0.05) is 45.1 Å². The molecule has 1 aromatic heterocycles. The van der Waals surface area contributed by atoms with E-state index in [1.54, 1.807) is 19.9 Å². The topological polar surface area (TPSA) is 75.0 Å². The van der Waals surface area contributed by atoms with Crippen LogP contribution in [0.25, 0.3) is 0 Å². The van der Waals surface area contributed by atoms with Crippen molar-refractivity contribution in [2.45, 2.75) is 50.4 Å². The molecule has 1 heterocycles. The number of aromatic nitrogens is 1. The van der Waals surface area contributed by atoms with Gasteiger partial charge in [0.05, 0.1) is 11.6 Å². The lowest BCUT2D eigenvalue weighted by molar-refractivity contribution is -0.135. The summed E-state index contributed by atoms with van der Waals surface area (Å²) >= 11 is 6.03. The van der Waals surface area contributed by atoms with Crippen LogP contribution in [0.4, 0.5) is 8.78 Å². The average molecular weight is 530 g/mol. The lowest BCUT2D eigenvalue weighted by Gasteiger charge is -2.30. The average Bonchev–Trinajstić information content (AvgIpc) is 2.83. The molecule has 0 aliphatic carbocycles. The zero-order valence-corrected chi connectivity index (χ0v) is 22.0. The number of benzene rings is 2. The van der Waals surface area contributed by atoms with Crippen molar-refractivity contribution in [1.29, 1.82) is 5.26 Å². The number of halogens is 3. The second-order valence-corrected chi connectivity index (χ2v) is 10.2. The number of hydrogen-bond acceptors (Lipinski definition) is 4. The zero-order valence-electron chi connectivity index (χ0n) is 20.1. The molecule has 1 N–H and O–H groups in total. The summed E-state index contributed by atoms with van der Waals surface area (Å²) in [7, 11) is 1.46. The number of nitrogens with zero attached hydrogens (tertiary/aromatic N) is 2. The Morgan fingerprint density at radius 1 is 1.19 bits per heavy atom. The molecule has 0 radical (unpaired) electrons. The molecule has 0 bridgehead atoms. The number of rotatable bonds is 9. The summed E-state index contributed by atoms with van der Waals surface area (Å²) in [5.41, 5.74) is -2.24. The van der Waals surface area contributed by atoms with Gasteiger partial charge in [0.15, 0.2) is 5.60 Å². The van der Waals surface area contributed by atoms with Gasteiger partial charge in [0, 0.05) is 34.8 Å². The molecule has 0 saturated heterocycles. The van der Waals surface area contributed by atoms with E-state index >= 15 is 0 Å². The van der Waals surface area contributed by atoms with Crippen molar-refractivity contribution in [2.24, 2.45) is 0 Å². The minimum Gasteiger partial charge on any atom is -0.462 e. The van der Waals surface area contributed by atoms with E-state index in [1.807, 2.05) is 49.4 Å². The van der Waals surface area contributed by atoms with E-state index in [0.29, 0.717) is 17.0 Å². The Kier molecular flexibility index (Phi) is 8.66. The van der Waals surface area contributed by atoms with Gasteiger partial charge in [0.25, 0.3) is 11.6 Å². The van der Waals surface area contributed by atoms with Crippen molar-refractivity contribution in [2.75, 3.05) is 0 Å². The van der Waals surface area contributed by atoms with Gasteiger partial charge in [0.1, 0.15) is 0 Å². The monoisotopic (exact) mass is 529 g/mol. The molecule has 0 aliphatic rings. The highest BCUT2D eigenvalue weighted by atomic mass is 35.5. The lowest BCUT2D eigenvalue weighted by atomic mass is 9.85. The Bertz CT molecular complexity index is 1240. The van der Waals surface area contributed by atoms with Crippen molar-refractivity contribution in [3.05, 3.63) is 94.1 Å². The molecular formula is C27H27ClF2N3O2P. The van der Waals surface area contributed by atoms with Crippen LogP contribution in [0.1, 0.15) is 48.9 Å². The predicted molar refractivity (Wildman–Crippen MR) is 139 cm³/mol. The summed E-state index contributed by atoms with van der Waals surface area (Å²) in [6.45, 7) is 5.06. The van der Waals surface area contributed by atoms with Gasteiger partial charge in [0.2, 0.25) is 5.88 Å². The third-order valence-electron chi connectivity index (χ3n) is 5.80. The normalized spacial score (nSPS) is 13.4. The van der Waals surface area contributed by atoms with Crippen molar-refractivity contribution in [3.8, 4) is 11.9 Å². The maximum atomic E-state index is 13.4. The molecule has 0 saturated carbocycles. The van der Waals surface area contributed by atoms with Crippen LogP contribution in [-0.2, 0) is 16.9 Å². The highest BCUT2D eigenvalue weighted by Crippen LogP contribution is 2.35. The Morgan fingerprint density at radius 3 is 2.47 bits per heavy atom. The standard InChI is InChI=1S/C27H27ClF2N3O2P/c1-17(33-25(34)26(2,3)35-24-12-9-21(16-32-24)27(29,30)36)23(14-18-7-10-22(28)11-8-18)20-6-4-5-19(13-20)15-31/h4-13,16-17,23H,14,36H2,1-3H3,(H,33,34). The van der Waals surface area contributed by atoms with Crippen molar-refractivity contribution >= 4 is 26.7 Å². The maximum Gasteiger partial charge on any atom is 0.285 e. The van der Waals surface area contributed by atoms with Crippen LogP contribution >= 0.6 is 20.8 Å². The third-order valence-corrected chi connectivity index (χ3v) is 6.39. The molecule has 36 heavy (non-hydrogen) atoms. The second kappa shape index (κ2) is 11.3. The van der Waals surface area contributed by atoms with Crippen molar-refractivity contribution in [1.82, 2.24) is 10.3 Å². The van der Waals surface area contributed by atoms with Crippen LogP contribution in [0.3, 0.4) is 0 Å². The van der Waals surface area contributed by atoms with Gasteiger partial charge in [-0.05, 0) is 68.7 Å². The number of carbonyl (C=O) groups is 1. The molecule has 3 aromatic rings. The lowest BCUT2D eigenvalue weighted by Crippen LogP contribution is -2.51. The van der Waals surface area contributed by atoms with E-state index in [1.165, 1.54) is 21.4 Å². The van der Waals surface area contributed by atoms with Crippen LogP contribution < -0.4 is 10.1 Å². The number of nitriles is 1. The number of carbonyl (C=O) groups excluding carboxylic acids is 1. The summed E-state index contributed by atoms with van der Waals surface area (Å²) in [4.78, 5) is 17.1. The van der Waals surface area contributed by atoms with E-state index in [2.05, 4.69) is 16.4 Å². The van der Waals surface area contributed by atoms with Gasteiger partial charge in [-0.25, -0.2) is 4.98 Å². The van der Waals surface area contributed by atoms with Gasteiger partial charge >= 0.3 is 0 Å². The highest BCUT2D eigenvalue weighted by Gasteiger charge is 2.34. The van der Waals surface area contributed by atoms with E-state index < -0.39 is 17.2 Å². The number of hydrogen-bond donors (Lipinski definition) is 1. The van der Waals surface area contributed by atoms with E-state index in [-0.39, 0.29) is 23.4 Å². The molecule has 0 aliphatic heterocycles. The molecule has 3 unspecified atom stereocenters. The summed E-state index contributed by atoms with van der Waals surface area (Å²) in [5.74, 6) is -0.490. The maximum absolute atomic E-state index is 13.4. The number of pyridine rings is 1. The first-order valence-electron chi connectivity index (χ1n) is 11.3. The first-order valence-corrected chi connectivity index (χ1v) is 12.2. The Hall–Kier alpha value is -3.07. The molecular weight excluding hydrogens is 503 g/mol. The molecule has 9 heteroatoms. The molecule has 2 aromatic carbocycles. The van der Waals surface area contributed by atoms with Crippen LogP contribution in [-0.4, -0.2) is 22.5 Å². The fourth-order valence-electron chi connectivity index (χ4n) is 3.72. The minimum atomic E-state index is -3.10. The SMILES string of the molecule is CC(NC(=O)C(C)(C)Oc1ccc(C(F)(F)P)cn1)C(Cc1ccc(Cl)cc1)c1cccc(C#N)c1. The fourth-order valence-corrected chi connectivity index (χ4v) is 4.02. The molecule has 1 amide bonds. The Labute approximate surface area is 217 Å². The fraction of sp³-hybridized carbons (Fsp3) is 0.296. The van der Waals surface area contributed by atoms with Gasteiger partial charge in [-0.15, -0.1) is 0 Å². The van der Waals surface area contributed by atoms with E-state index in [9.17, 15) is 18.8 Å². The van der Waals surface area contributed by atoms with E-state index in [0.717, 1.165) is 17.3 Å². The molecule has 0 spiro atoms. The predicted octanol–water partition coefficient (Wildman–Crippen LogP) is 6.22. The Morgan fingerprint density at radius 2 is 1.89 bits per heavy atom. The summed E-state index contributed by atoms with van der Waals surface area (Å²) in [6.07, 6.45) is 1.62. The number of alkyl halides is 2. The molecule has 3 rings (SSSR count). The first kappa shape index (κ1) is 27.5. The van der Waals surface area contributed by atoms with Crippen LogP contribution in [0.15, 0.2) is 66.9 Å². The molecule has 3 atom stereocenters. The third kappa shape index (κ3) is 7.22. The number of nitrogens with one attached hydrogen (secondary N) is 1. The van der Waals surface area contributed by atoms with Crippen LogP contribution in [0.5, 0.6) is 5.88 Å². The van der Waals surface area contributed by atoms with E-state index in [4.69, 9.17) is 16.3 Å². The molecule has 5 nitrogen and oxygen atoms in total. The quantitative estimate of drug-likeness (QED) is 0.334.